The molecule has 0 aliphatic carbocycles. The van der Waals surface area contributed by atoms with Crippen LogP contribution >= 0.6 is 0 Å². The fourth-order valence-electron chi connectivity index (χ4n) is 2.12. The molecule has 1 amide bonds. The molecule has 2 aromatic rings. The molecular weight excluding hydrogens is 274 g/mol. The Labute approximate surface area is 130 Å². The molecule has 0 saturated carbocycles. The zero-order valence-corrected chi connectivity index (χ0v) is 12.3. The topological polar surface area (TPSA) is 78.9 Å². The Morgan fingerprint density at radius 1 is 1.09 bits per heavy atom. The molecule has 0 unspecified atom stereocenters. The number of hydrogen-bond acceptors (Lipinski definition) is 3. The minimum absolute atomic E-state index is 0.153. The summed E-state index contributed by atoms with van der Waals surface area (Å²) in [5.74, 6) is -0.153. The number of amides is 1. The first kappa shape index (κ1) is 15.7. The Hall–Kier alpha value is -2.64. The highest BCUT2D eigenvalue weighted by atomic mass is 16.2. The van der Waals surface area contributed by atoms with E-state index >= 15 is 0 Å². The van der Waals surface area contributed by atoms with Gasteiger partial charge in [-0.05, 0) is 36.1 Å². The van der Waals surface area contributed by atoms with Crippen LogP contribution in [0, 0.1) is 11.3 Å². The highest BCUT2D eigenvalue weighted by Gasteiger charge is 2.12. The fraction of sp³-hybridized carbons (Fsp3) is 0.222. The van der Waals surface area contributed by atoms with Gasteiger partial charge in [-0.15, -0.1) is 0 Å². The summed E-state index contributed by atoms with van der Waals surface area (Å²) in [4.78, 5) is 12.0. The predicted molar refractivity (Wildman–Crippen MR) is 85.7 cm³/mol. The fourth-order valence-corrected chi connectivity index (χ4v) is 2.12. The van der Waals surface area contributed by atoms with Gasteiger partial charge in [-0.1, -0.05) is 42.5 Å². The van der Waals surface area contributed by atoms with E-state index in [4.69, 9.17) is 11.0 Å². The number of carbonyl (C=O) groups excluding carboxylic acids is 1. The minimum Gasteiger partial charge on any atom is -0.351 e. The number of nitrogens with one attached hydrogen (secondary N) is 1. The van der Waals surface area contributed by atoms with Gasteiger partial charge in [-0.2, -0.15) is 5.26 Å². The summed E-state index contributed by atoms with van der Waals surface area (Å²) in [6.45, 7) is 0.420. The summed E-state index contributed by atoms with van der Waals surface area (Å²) < 4.78 is 0. The van der Waals surface area contributed by atoms with Gasteiger partial charge in [0.25, 0.3) is 0 Å². The molecule has 0 aliphatic heterocycles. The largest absolute Gasteiger partial charge is 0.351 e. The van der Waals surface area contributed by atoms with E-state index in [0.29, 0.717) is 18.5 Å². The number of hydrogen-bond donors (Lipinski definition) is 2. The maximum Gasteiger partial charge on any atom is 0.237 e. The highest BCUT2D eigenvalue weighted by Crippen LogP contribution is 2.05. The molecule has 0 radical (unpaired) electrons. The zero-order chi connectivity index (χ0) is 15.8. The molecule has 2 aromatic carbocycles. The summed E-state index contributed by atoms with van der Waals surface area (Å²) >= 11 is 0. The highest BCUT2D eigenvalue weighted by molar-refractivity contribution is 5.81. The Kier molecular flexibility index (Phi) is 5.70. The second-order valence-corrected chi connectivity index (χ2v) is 5.16. The van der Waals surface area contributed by atoms with Gasteiger partial charge in [0, 0.05) is 6.54 Å². The van der Waals surface area contributed by atoms with Gasteiger partial charge in [-0.3, -0.25) is 4.79 Å². The summed E-state index contributed by atoms with van der Waals surface area (Å²) in [6.07, 6.45) is 1.40. The number of nitrogens with two attached hydrogens (primary N) is 1. The van der Waals surface area contributed by atoms with E-state index in [2.05, 4.69) is 11.4 Å². The van der Waals surface area contributed by atoms with E-state index in [1.807, 2.05) is 42.5 Å². The number of rotatable bonds is 6. The average Bonchev–Trinajstić information content (AvgIpc) is 2.58. The van der Waals surface area contributed by atoms with E-state index in [1.54, 1.807) is 12.1 Å². The van der Waals surface area contributed by atoms with Crippen molar-refractivity contribution in [2.45, 2.75) is 25.4 Å². The molecule has 0 spiro atoms. The molecule has 4 heteroatoms. The third-order valence-corrected chi connectivity index (χ3v) is 3.47. The molecule has 0 aromatic heterocycles. The minimum atomic E-state index is -0.515. The molecule has 22 heavy (non-hydrogen) atoms. The summed E-state index contributed by atoms with van der Waals surface area (Å²) in [7, 11) is 0. The number of benzene rings is 2. The van der Waals surface area contributed by atoms with Crippen LogP contribution in [0.5, 0.6) is 0 Å². The molecule has 0 fully saturated rings. The van der Waals surface area contributed by atoms with Crippen LogP contribution in [0.3, 0.4) is 0 Å². The Bertz CT molecular complexity index is 644. The lowest BCUT2D eigenvalue weighted by molar-refractivity contribution is -0.122. The third kappa shape index (κ3) is 4.72. The smallest absolute Gasteiger partial charge is 0.237 e. The number of nitrogens with zero attached hydrogens (tertiary/aromatic N) is 1. The van der Waals surface area contributed by atoms with E-state index in [0.717, 1.165) is 12.0 Å². The zero-order valence-electron chi connectivity index (χ0n) is 12.3. The summed E-state index contributed by atoms with van der Waals surface area (Å²) in [6, 6.07) is 18.6. The molecule has 2 rings (SSSR count). The lowest BCUT2D eigenvalue weighted by atomic mass is 10.1. The van der Waals surface area contributed by atoms with Gasteiger partial charge in [0.05, 0.1) is 17.7 Å². The van der Waals surface area contributed by atoms with Gasteiger partial charge < -0.3 is 11.1 Å². The normalized spacial score (nSPS) is 11.5. The van der Waals surface area contributed by atoms with Crippen LogP contribution in [-0.2, 0) is 17.8 Å². The lowest BCUT2D eigenvalue weighted by Gasteiger charge is -2.12. The van der Waals surface area contributed by atoms with Crippen molar-refractivity contribution < 1.29 is 4.79 Å². The maximum absolute atomic E-state index is 12.0. The molecule has 3 N–H and O–H groups in total. The van der Waals surface area contributed by atoms with Crippen LogP contribution in [0.2, 0.25) is 0 Å². The number of aryl methyl sites for hydroxylation is 1. The molecule has 112 valence electrons. The summed E-state index contributed by atoms with van der Waals surface area (Å²) in [5.41, 5.74) is 8.65. The van der Waals surface area contributed by atoms with Crippen LogP contribution in [0.25, 0.3) is 0 Å². The van der Waals surface area contributed by atoms with Crippen LogP contribution in [0.4, 0.5) is 0 Å². The SMILES string of the molecule is N#Cc1ccc(CNC(=O)[C@@H](N)CCc2ccccc2)cc1. The molecular formula is C18H19N3O. The Morgan fingerprint density at radius 2 is 1.77 bits per heavy atom. The van der Waals surface area contributed by atoms with E-state index < -0.39 is 6.04 Å². The quantitative estimate of drug-likeness (QED) is 0.856. The van der Waals surface area contributed by atoms with Gasteiger partial charge in [0.2, 0.25) is 5.91 Å². The Morgan fingerprint density at radius 3 is 2.41 bits per heavy atom. The van der Waals surface area contributed by atoms with Crippen molar-refractivity contribution in [2.24, 2.45) is 5.73 Å². The van der Waals surface area contributed by atoms with Gasteiger partial charge in [0.1, 0.15) is 0 Å². The van der Waals surface area contributed by atoms with Crippen molar-refractivity contribution in [3.8, 4) is 6.07 Å². The lowest BCUT2D eigenvalue weighted by Crippen LogP contribution is -2.40. The average molecular weight is 293 g/mol. The van der Waals surface area contributed by atoms with E-state index in [9.17, 15) is 4.79 Å². The van der Waals surface area contributed by atoms with Crippen LogP contribution in [0.15, 0.2) is 54.6 Å². The van der Waals surface area contributed by atoms with Crippen LogP contribution in [0.1, 0.15) is 23.1 Å². The van der Waals surface area contributed by atoms with Crippen molar-refractivity contribution in [1.29, 1.82) is 5.26 Å². The van der Waals surface area contributed by atoms with Gasteiger partial charge in [-0.25, -0.2) is 0 Å². The van der Waals surface area contributed by atoms with Crippen molar-refractivity contribution in [1.82, 2.24) is 5.32 Å². The predicted octanol–water partition coefficient (Wildman–Crippen LogP) is 2.13. The molecule has 0 aliphatic rings. The van der Waals surface area contributed by atoms with Crippen LogP contribution < -0.4 is 11.1 Å². The second-order valence-electron chi connectivity index (χ2n) is 5.16. The molecule has 1 atom stereocenters. The molecule has 0 bridgehead atoms. The van der Waals surface area contributed by atoms with Crippen molar-refractivity contribution >= 4 is 5.91 Å². The first-order valence-corrected chi connectivity index (χ1v) is 7.25. The van der Waals surface area contributed by atoms with Crippen molar-refractivity contribution in [3.63, 3.8) is 0 Å². The Balaban J connectivity index is 1.77. The van der Waals surface area contributed by atoms with E-state index in [-0.39, 0.29) is 5.91 Å². The molecule has 0 heterocycles. The van der Waals surface area contributed by atoms with Gasteiger partial charge in [0.15, 0.2) is 0 Å². The maximum atomic E-state index is 12.0. The molecule has 0 saturated heterocycles. The standard InChI is InChI=1S/C18H19N3O/c19-12-15-6-8-16(9-7-15)13-21-18(22)17(20)11-10-14-4-2-1-3-5-14/h1-9,17H,10-11,13,20H2,(H,21,22)/t17-/m0/s1. The number of nitriles is 1. The van der Waals surface area contributed by atoms with Crippen molar-refractivity contribution in [2.75, 3.05) is 0 Å². The van der Waals surface area contributed by atoms with Crippen molar-refractivity contribution in [3.05, 3.63) is 71.3 Å². The summed E-state index contributed by atoms with van der Waals surface area (Å²) in [5, 5.41) is 11.6. The van der Waals surface area contributed by atoms with E-state index in [1.165, 1.54) is 5.56 Å². The third-order valence-electron chi connectivity index (χ3n) is 3.47. The second kappa shape index (κ2) is 7.96. The van der Waals surface area contributed by atoms with Gasteiger partial charge >= 0.3 is 0 Å². The first-order chi connectivity index (χ1) is 10.7. The monoisotopic (exact) mass is 293 g/mol. The molecule has 4 nitrogen and oxygen atoms in total. The van der Waals surface area contributed by atoms with Crippen LogP contribution in [-0.4, -0.2) is 11.9 Å². The number of carbonyl (C=O) groups is 1. The first-order valence-electron chi connectivity index (χ1n) is 7.25.